The smallest absolute Gasteiger partial charge is 0.280 e. The van der Waals surface area contributed by atoms with Gasteiger partial charge in [-0.05, 0) is 36.3 Å². The molecule has 5 heteroatoms. The second-order valence-electron chi connectivity index (χ2n) is 7.73. The number of benzene rings is 1. The van der Waals surface area contributed by atoms with Crippen molar-refractivity contribution in [3.8, 4) is 0 Å². The Kier molecular flexibility index (Phi) is 3.29. The monoisotopic (exact) mass is 337 g/mol. The first kappa shape index (κ1) is 15.1. The molecule has 1 fully saturated rings. The van der Waals surface area contributed by atoms with Crippen LogP contribution in [-0.4, -0.2) is 39.4 Å². The summed E-state index contributed by atoms with van der Waals surface area (Å²) < 4.78 is 1.85. The highest BCUT2D eigenvalue weighted by Crippen LogP contribution is 2.48. The van der Waals surface area contributed by atoms with Crippen LogP contribution in [0, 0.1) is 11.8 Å². The third-order valence-corrected chi connectivity index (χ3v) is 6.52. The maximum Gasteiger partial charge on any atom is 0.280 e. The second kappa shape index (κ2) is 5.43. The third kappa shape index (κ3) is 1.99. The van der Waals surface area contributed by atoms with Gasteiger partial charge in [0.1, 0.15) is 5.71 Å². The van der Waals surface area contributed by atoms with Gasteiger partial charge in [-0.1, -0.05) is 36.7 Å². The minimum Gasteiger partial charge on any atom is -0.410 e. The van der Waals surface area contributed by atoms with E-state index in [1.54, 1.807) is 0 Å². The lowest BCUT2D eigenvalue weighted by Crippen LogP contribution is -2.46. The highest BCUT2D eigenvalue weighted by atomic mass is 16.4. The Bertz CT molecular complexity index is 898. The summed E-state index contributed by atoms with van der Waals surface area (Å²) in [6.07, 6.45) is 3.82. The average molecular weight is 337 g/mol. The number of piperidine rings is 1. The molecule has 1 aromatic carbocycles. The lowest BCUT2D eigenvalue weighted by atomic mass is 9.76. The molecule has 3 aliphatic rings. The number of nitrogens with zero attached hydrogens (tertiary/aromatic N) is 3. The molecule has 1 aromatic heterocycles. The Labute approximate surface area is 146 Å². The molecule has 2 aromatic rings. The van der Waals surface area contributed by atoms with Crippen LogP contribution in [0.15, 0.2) is 29.4 Å². The van der Waals surface area contributed by atoms with Crippen molar-refractivity contribution in [2.24, 2.45) is 17.0 Å². The van der Waals surface area contributed by atoms with Crippen LogP contribution in [0.4, 0.5) is 0 Å². The average Bonchev–Trinajstić information content (AvgIpc) is 2.92. The number of rotatable bonds is 1. The number of fused-ring (bicyclic) bond motifs is 3. The minimum atomic E-state index is -0.149. The molecule has 3 aliphatic heterocycles. The van der Waals surface area contributed by atoms with E-state index in [-0.39, 0.29) is 11.9 Å². The number of hydrogen-bond acceptors (Lipinski definition) is 4. The molecular weight excluding hydrogens is 314 g/mol. The van der Waals surface area contributed by atoms with Crippen molar-refractivity contribution in [3.63, 3.8) is 0 Å². The molecule has 5 nitrogen and oxygen atoms in total. The Hall–Kier alpha value is -2.14. The van der Waals surface area contributed by atoms with Crippen LogP contribution in [-0.2, 0) is 6.42 Å². The van der Waals surface area contributed by atoms with Gasteiger partial charge >= 0.3 is 0 Å². The first-order chi connectivity index (χ1) is 12.2. The van der Waals surface area contributed by atoms with Gasteiger partial charge in [0.25, 0.3) is 5.91 Å². The summed E-state index contributed by atoms with van der Waals surface area (Å²) in [5.74, 6) is 0.858. The lowest BCUT2D eigenvalue weighted by Gasteiger charge is -2.46. The van der Waals surface area contributed by atoms with Gasteiger partial charge in [-0.25, -0.2) is 0 Å². The van der Waals surface area contributed by atoms with Crippen LogP contribution in [0.5, 0.6) is 0 Å². The molecule has 0 bridgehead atoms. The van der Waals surface area contributed by atoms with Crippen LogP contribution in [0.2, 0.25) is 0 Å². The summed E-state index contributed by atoms with van der Waals surface area (Å²) >= 11 is 0. The lowest BCUT2D eigenvalue weighted by molar-refractivity contribution is 0.0458. The van der Waals surface area contributed by atoms with Crippen LogP contribution in [0.25, 0.3) is 10.9 Å². The zero-order chi connectivity index (χ0) is 17.1. The molecule has 1 saturated heterocycles. The summed E-state index contributed by atoms with van der Waals surface area (Å²) in [6, 6.07) is 8.43. The summed E-state index contributed by atoms with van der Waals surface area (Å²) in [6.45, 7) is 4.41. The van der Waals surface area contributed by atoms with E-state index in [0.717, 1.165) is 43.6 Å². The van der Waals surface area contributed by atoms with Gasteiger partial charge in [0, 0.05) is 30.6 Å². The van der Waals surface area contributed by atoms with E-state index in [4.69, 9.17) is 0 Å². The van der Waals surface area contributed by atoms with E-state index < -0.39 is 0 Å². The zero-order valence-electron chi connectivity index (χ0n) is 14.5. The molecule has 0 radical (unpaired) electrons. The quantitative estimate of drug-likeness (QED) is 0.640. The molecule has 0 unspecified atom stereocenters. The van der Waals surface area contributed by atoms with E-state index in [2.05, 4.69) is 23.0 Å². The van der Waals surface area contributed by atoms with Crippen molar-refractivity contribution >= 4 is 22.5 Å². The predicted molar refractivity (Wildman–Crippen MR) is 96.3 cm³/mol. The second-order valence-corrected chi connectivity index (χ2v) is 7.73. The molecule has 0 spiro atoms. The van der Waals surface area contributed by atoms with Crippen molar-refractivity contribution in [1.82, 2.24) is 9.47 Å². The predicted octanol–water partition coefficient (Wildman–Crippen LogP) is 3.46. The van der Waals surface area contributed by atoms with Gasteiger partial charge in [-0.2, -0.15) is 0 Å². The number of hydrogen-bond donors (Lipinski definition) is 1. The van der Waals surface area contributed by atoms with Crippen LogP contribution < -0.4 is 0 Å². The number of aromatic nitrogens is 1. The molecule has 130 valence electrons. The normalized spacial score (nSPS) is 30.5. The van der Waals surface area contributed by atoms with E-state index >= 15 is 0 Å². The molecule has 0 amide bonds. The summed E-state index contributed by atoms with van der Waals surface area (Å²) in [5, 5.41) is 14.1. The molecule has 0 saturated carbocycles. The molecule has 25 heavy (non-hydrogen) atoms. The van der Waals surface area contributed by atoms with Crippen molar-refractivity contribution in [2.75, 3.05) is 13.1 Å². The Morgan fingerprint density at radius 2 is 2.16 bits per heavy atom. The van der Waals surface area contributed by atoms with Crippen LogP contribution >= 0.6 is 0 Å². The van der Waals surface area contributed by atoms with E-state index in [1.165, 1.54) is 10.9 Å². The molecule has 3 atom stereocenters. The first-order valence-electron chi connectivity index (χ1n) is 9.34. The summed E-state index contributed by atoms with van der Waals surface area (Å²) in [7, 11) is 0. The number of carbonyl (C=O) groups is 1. The fourth-order valence-corrected chi connectivity index (χ4v) is 5.41. The van der Waals surface area contributed by atoms with Gasteiger partial charge in [0.15, 0.2) is 0 Å². The van der Waals surface area contributed by atoms with Crippen molar-refractivity contribution in [2.45, 2.75) is 38.6 Å². The van der Waals surface area contributed by atoms with Crippen LogP contribution in [0.1, 0.15) is 48.3 Å². The largest absolute Gasteiger partial charge is 0.410 e. The maximum atomic E-state index is 13.2. The molecular formula is C20H23N3O2. The highest BCUT2D eigenvalue weighted by molar-refractivity contribution is 6.41. The molecule has 4 heterocycles. The number of para-hydroxylation sites is 1. The summed E-state index contributed by atoms with van der Waals surface area (Å²) in [4.78, 5) is 15.8. The highest BCUT2D eigenvalue weighted by Gasteiger charge is 2.46. The first-order valence-corrected chi connectivity index (χ1v) is 9.34. The van der Waals surface area contributed by atoms with E-state index in [0.29, 0.717) is 24.0 Å². The standard InChI is InChI=1S/C20H23N3O2/c1-2-12-9-13-10-16(21-25)20(24)23-17-6-4-3-5-14(17)15-7-8-22(11-12)18(13)19(15)23/h3-6,12-13,18,25H,2,7-11H2,1H3/b21-16-/t12-,13-,18-/m1/s1. The number of carbonyl (C=O) groups excluding carboxylic acids is 1. The van der Waals surface area contributed by atoms with Crippen LogP contribution in [0.3, 0.4) is 0 Å². The van der Waals surface area contributed by atoms with Gasteiger partial charge in [-0.15, -0.1) is 0 Å². The molecule has 0 aliphatic carbocycles. The topological polar surface area (TPSA) is 57.8 Å². The van der Waals surface area contributed by atoms with Gasteiger partial charge < -0.3 is 5.21 Å². The molecule has 1 N–H and O–H groups in total. The van der Waals surface area contributed by atoms with Crippen molar-refractivity contribution in [3.05, 3.63) is 35.5 Å². The SMILES string of the molecule is CC[C@@H]1C[C@@H]2C/C(=N/O)C(=O)n3c4c(c5ccccc53)CCN(C1)[C@@H]42. The number of oxime groups is 1. The summed E-state index contributed by atoms with van der Waals surface area (Å²) in [5.41, 5.74) is 3.75. The van der Waals surface area contributed by atoms with Gasteiger partial charge in [-0.3, -0.25) is 14.3 Å². The third-order valence-electron chi connectivity index (χ3n) is 6.52. The fourth-order valence-electron chi connectivity index (χ4n) is 5.41. The zero-order valence-corrected chi connectivity index (χ0v) is 14.5. The van der Waals surface area contributed by atoms with Gasteiger partial charge in [0.2, 0.25) is 0 Å². The molecule has 5 rings (SSSR count). The minimum absolute atomic E-state index is 0.149. The maximum absolute atomic E-state index is 13.2. The Balaban J connectivity index is 1.80. The fraction of sp³-hybridized carbons (Fsp3) is 0.500. The van der Waals surface area contributed by atoms with E-state index in [1.807, 2.05) is 22.8 Å². The van der Waals surface area contributed by atoms with Gasteiger partial charge in [0.05, 0.1) is 11.6 Å². The Morgan fingerprint density at radius 3 is 2.96 bits per heavy atom. The van der Waals surface area contributed by atoms with E-state index in [9.17, 15) is 10.0 Å². The Morgan fingerprint density at radius 1 is 1.32 bits per heavy atom. The van der Waals surface area contributed by atoms with Crippen molar-refractivity contribution in [1.29, 1.82) is 0 Å². The van der Waals surface area contributed by atoms with Crippen molar-refractivity contribution < 1.29 is 10.0 Å².